The number of hydrogen-bond donors (Lipinski definition) is 1. The van der Waals surface area contributed by atoms with Crippen LogP contribution in [-0.4, -0.2) is 58.5 Å². The minimum atomic E-state index is -3.46. The molecular formula is C25H38ClN3O5SSi. The molecule has 1 aromatic heterocycles. The number of carbonyl (C=O) groups excluding carboxylic acids is 1. The van der Waals surface area contributed by atoms with E-state index in [-0.39, 0.29) is 26.8 Å². The summed E-state index contributed by atoms with van der Waals surface area (Å²) in [6.07, 6.45) is 4.38. The SMILES string of the molecule is CC(C)(C)[Si](C)(C)OCCn1ccc(NC(=O)C(CC2CCOC2)c2ccc(S(C)(=O)=O)c(Cl)c2)n1. The van der Waals surface area contributed by atoms with Gasteiger partial charge in [-0.25, -0.2) is 8.42 Å². The van der Waals surface area contributed by atoms with Crippen LogP contribution in [0.15, 0.2) is 35.4 Å². The lowest BCUT2D eigenvalue weighted by molar-refractivity contribution is -0.118. The van der Waals surface area contributed by atoms with Crippen LogP contribution in [0.5, 0.6) is 0 Å². The van der Waals surface area contributed by atoms with Crippen molar-refractivity contribution in [2.45, 2.75) is 69.1 Å². The third kappa shape index (κ3) is 7.41. The van der Waals surface area contributed by atoms with Crippen molar-refractivity contribution in [1.29, 1.82) is 0 Å². The number of halogens is 1. The molecule has 1 saturated heterocycles. The molecule has 0 spiro atoms. The number of rotatable bonds is 10. The van der Waals surface area contributed by atoms with E-state index in [1.54, 1.807) is 22.9 Å². The van der Waals surface area contributed by atoms with E-state index < -0.39 is 24.1 Å². The van der Waals surface area contributed by atoms with Gasteiger partial charge in [0.25, 0.3) is 0 Å². The highest BCUT2D eigenvalue weighted by Crippen LogP contribution is 2.36. The Balaban J connectivity index is 1.71. The summed E-state index contributed by atoms with van der Waals surface area (Å²) in [5.74, 6) is -0.0410. The van der Waals surface area contributed by atoms with E-state index in [1.807, 2.05) is 6.20 Å². The van der Waals surface area contributed by atoms with Crippen LogP contribution in [-0.2, 0) is 30.3 Å². The second-order valence-electron chi connectivity index (χ2n) is 11.0. The van der Waals surface area contributed by atoms with E-state index in [9.17, 15) is 13.2 Å². The van der Waals surface area contributed by atoms with E-state index in [2.05, 4.69) is 44.3 Å². The Hall–Kier alpha value is -1.72. The van der Waals surface area contributed by atoms with Crippen molar-refractivity contribution in [3.63, 3.8) is 0 Å². The molecule has 11 heteroatoms. The Bertz CT molecular complexity index is 1170. The third-order valence-electron chi connectivity index (χ3n) is 7.15. The zero-order chi connectivity index (χ0) is 26.7. The van der Waals surface area contributed by atoms with Gasteiger partial charge in [-0.3, -0.25) is 9.48 Å². The molecule has 1 N–H and O–H groups in total. The Morgan fingerprint density at radius 1 is 1.33 bits per heavy atom. The topological polar surface area (TPSA) is 99.5 Å². The molecule has 36 heavy (non-hydrogen) atoms. The molecule has 0 aliphatic carbocycles. The summed E-state index contributed by atoms with van der Waals surface area (Å²) in [6, 6.07) is 6.48. The van der Waals surface area contributed by atoms with Gasteiger partial charge >= 0.3 is 0 Å². The number of ether oxygens (including phenoxy) is 1. The molecule has 2 atom stereocenters. The van der Waals surface area contributed by atoms with E-state index in [0.29, 0.717) is 44.2 Å². The van der Waals surface area contributed by atoms with Gasteiger partial charge in [-0.15, -0.1) is 0 Å². The summed E-state index contributed by atoms with van der Waals surface area (Å²) >= 11 is 6.29. The van der Waals surface area contributed by atoms with Crippen LogP contribution in [0.3, 0.4) is 0 Å². The molecule has 2 heterocycles. The van der Waals surface area contributed by atoms with Crippen LogP contribution in [0.2, 0.25) is 23.2 Å². The smallest absolute Gasteiger partial charge is 0.233 e. The number of carbonyl (C=O) groups is 1. The molecule has 0 saturated carbocycles. The number of aromatic nitrogens is 2. The average molecular weight is 556 g/mol. The first-order valence-electron chi connectivity index (χ1n) is 12.2. The van der Waals surface area contributed by atoms with E-state index in [1.165, 1.54) is 6.07 Å². The molecular weight excluding hydrogens is 518 g/mol. The number of nitrogens with zero attached hydrogens (tertiary/aromatic N) is 2. The second kappa shape index (κ2) is 11.3. The van der Waals surface area contributed by atoms with Crippen molar-refractivity contribution >= 4 is 41.5 Å². The maximum absolute atomic E-state index is 13.4. The Kier molecular flexibility index (Phi) is 9.09. The first kappa shape index (κ1) is 28.8. The highest BCUT2D eigenvalue weighted by Gasteiger charge is 2.37. The summed E-state index contributed by atoms with van der Waals surface area (Å²) < 4.78 is 37.4. The Morgan fingerprint density at radius 3 is 2.64 bits per heavy atom. The standard InChI is InChI=1S/C25H38ClN3O5SSi/c1-25(2,3)36(5,6)34-14-12-29-11-9-23(28-29)27-24(30)20(15-18-10-13-33-17-18)19-7-8-22(21(26)16-19)35(4,31)32/h7-9,11,16,18,20H,10,12-15,17H2,1-6H3,(H,27,28,30). The summed E-state index contributed by atoms with van der Waals surface area (Å²) in [4.78, 5) is 13.4. The minimum Gasteiger partial charge on any atom is -0.415 e. The zero-order valence-corrected chi connectivity index (χ0v) is 24.6. The van der Waals surface area contributed by atoms with Crippen LogP contribution in [0.1, 0.15) is 45.1 Å². The number of hydrogen-bond acceptors (Lipinski definition) is 6. The van der Waals surface area contributed by atoms with Crippen LogP contribution in [0.25, 0.3) is 0 Å². The van der Waals surface area contributed by atoms with E-state index >= 15 is 0 Å². The molecule has 8 nitrogen and oxygen atoms in total. The lowest BCUT2D eigenvalue weighted by atomic mass is 9.87. The number of sulfone groups is 1. The molecule has 1 amide bonds. The Labute approximate surface area is 220 Å². The monoisotopic (exact) mass is 555 g/mol. The molecule has 1 aliphatic rings. The number of nitrogens with one attached hydrogen (secondary N) is 1. The first-order valence-corrected chi connectivity index (χ1v) is 17.4. The summed E-state index contributed by atoms with van der Waals surface area (Å²) in [5.41, 5.74) is 0.666. The normalized spacial score (nSPS) is 17.8. The van der Waals surface area contributed by atoms with Gasteiger partial charge in [-0.2, -0.15) is 5.10 Å². The van der Waals surface area contributed by atoms with Crippen molar-refractivity contribution in [2.75, 3.05) is 31.4 Å². The predicted octanol–water partition coefficient (Wildman–Crippen LogP) is 5.11. The molecule has 1 aromatic carbocycles. The van der Waals surface area contributed by atoms with Gasteiger partial charge in [0, 0.05) is 31.7 Å². The maximum atomic E-state index is 13.4. The fourth-order valence-corrected chi connectivity index (χ4v) is 6.28. The molecule has 1 fully saturated rings. The largest absolute Gasteiger partial charge is 0.415 e. The van der Waals surface area contributed by atoms with Crippen molar-refractivity contribution in [1.82, 2.24) is 9.78 Å². The molecule has 2 aromatic rings. The van der Waals surface area contributed by atoms with Gasteiger partial charge < -0.3 is 14.5 Å². The summed E-state index contributed by atoms with van der Waals surface area (Å²) in [5, 5.41) is 7.67. The van der Waals surface area contributed by atoms with E-state index in [4.69, 9.17) is 20.8 Å². The molecule has 200 valence electrons. The first-order chi connectivity index (χ1) is 16.7. The lowest BCUT2D eigenvalue weighted by Crippen LogP contribution is -2.41. The average Bonchev–Trinajstić information content (AvgIpc) is 3.42. The van der Waals surface area contributed by atoms with Crippen LogP contribution in [0, 0.1) is 5.92 Å². The number of anilines is 1. The van der Waals surface area contributed by atoms with Crippen LogP contribution < -0.4 is 5.32 Å². The quantitative estimate of drug-likeness (QED) is 0.409. The molecule has 0 radical (unpaired) electrons. The number of amides is 1. The fraction of sp³-hybridized carbons (Fsp3) is 0.600. The highest BCUT2D eigenvalue weighted by molar-refractivity contribution is 7.90. The molecule has 3 rings (SSSR count). The van der Waals surface area contributed by atoms with Crippen molar-refractivity contribution in [3.8, 4) is 0 Å². The Morgan fingerprint density at radius 2 is 2.06 bits per heavy atom. The third-order valence-corrected chi connectivity index (χ3v) is 13.3. The summed E-state index contributed by atoms with van der Waals surface area (Å²) in [7, 11) is -5.30. The highest BCUT2D eigenvalue weighted by atomic mass is 35.5. The van der Waals surface area contributed by atoms with Crippen molar-refractivity contribution < 1.29 is 22.4 Å². The van der Waals surface area contributed by atoms with Gasteiger partial charge in [-0.05, 0) is 54.6 Å². The van der Waals surface area contributed by atoms with Crippen LogP contribution in [0.4, 0.5) is 5.82 Å². The van der Waals surface area contributed by atoms with Gasteiger partial charge in [0.2, 0.25) is 5.91 Å². The maximum Gasteiger partial charge on any atom is 0.233 e. The fourth-order valence-electron chi connectivity index (χ4n) is 3.91. The minimum absolute atomic E-state index is 0.0509. The molecule has 0 bridgehead atoms. The lowest BCUT2D eigenvalue weighted by Gasteiger charge is -2.36. The second-order valence-corrected chi connectivity index (χ2v) is 18.2. The molecule has 1 aliphatic heterocycles. The van der Waals surface area contributed by atoms with Gasteiger partial charge in [0.15, 0.2) is 24.0 Å². The van der Waals surface area contributed by atoms with Crippen molar-refractivity contribution in [2.24, 2.45) is 5.92 Å². The van der Waals surface area contributed by atoms with Crippen molar-refractivity contribution in [3.05, 3.63) is 41.0 Å². The zero-order valence-electron chi connectivity index (χ0n) is 22.0. The molecule has 2 unspecified atom stereocenters. The summed E-state index contributed by atoms with van der Waals surface area (Å²) in [6.45, 7) is 13.5. The predicted molar refractivity (Wildman–Crippen MR) is 145 cm³/mol. The van der Waals surface area contributed by atoms with Gasteiger partial charge in [0.1, 0.15) is 0 Å². The van der Waals surface area contributed by atoms with Gasteiger partial charge in [0.05, 0.1) is 29.0 Å². The van der Waals surface area contributed by atoms with E-state index in [0.717, 1.165) is 12.7 Å². The number of benzene rings is 1. The van der Waals surface area contributed by atoms with Crippen LogP contribution >= 0.6 is 11.6 Å². The van der Waals surface area contributed by atoms with Gasteiger partial charge in [-0.1, -0.05) is 38.4 Å².